The molecule has 3 aromatic carbocycles. The number of para-hydroxylation sites is 4. The number of anilines is 1. The number of hydrogen-bond acceptors (Lipinski definition) is 3. The van der Waals surface area contributed by atoms with Crippen LogP contribution in [0, 0.1) is 13.8 Å². The van der Waals surface area contributed by atoms with Crippen LogP contribution in [0.15, 0.2) is 72.8 Å². The van der Waals surface area contributed by atoms with Gasteiger partial charge in [-0.05, 0) is 55.7 Å². The van der Waals surface area contributed by atoms with E-state index < -0.39 is 0 Å². The number of benzene rings is 3. The summed E-state index contributed by atoms with van der Waals surface area (Å²) in [6.45, 7) is 6.22. The third kappa shape index (κ3) is 4.23. The Hall–Kier alpha value is -3.60. The Morgan fingerprint density at radius 3 is 2.48 bits per heavy atom. The van der Waals surface area contributed by atoms with Crippen LogP contribution < -0.4 is 9.64 Å². The lowest BCUT2D eigenvalue weighted by Gasteiger charge is -2.19. The predicted molar refractivity (Wildman–Crippen MR) is 132 cm³/mol. The van der Waals surface area contributed by atoms with Crippen LogP contribution in [0.5, 0.6) is 5.75 Å². The van der Waals surface area contributed by atoms with Gasteiger partial charge in [0.2, 0.25) is 5.91 Å². The molecule has 0 unspecified atom stereocenters. The first-order valence-corrected chi connectivity index (χ1v) is 11.6. The first kappa shape index (κ1) is 21.3. The summed E-state index contributed by atoms with van der Waals surface area (Å²) in [6, 6.07) is 24.4. The monoisotopic (exact) mass is 439 g/mol. The minimum Gasteiger partial charge on any atom is -0.493 e. The van der Waals surface area contributed by atoms with Crippen LogP contribution in [-0.4, -0.2) is 28.6 Å². The van der Waals surface area contributed by atoms with Crippen LogP contribution in [0.2, 0.25) is 0 Å². The highest BCUT2D eigenvalue weighted by Crippen LogP contribution is 2.34. The average molecular weight is 440 g/mol. The smallest absolute Gasteiger partial charge is 0.227 e. The SMILES string of the molecule is Cc1ccccc1OCCCn1c([C@H]2CC(=O)N(c3ccccc3C)C2)nc2ccccc21. The van der Waals surface area contributed by atoms with Crippen molar-refractivity contribution in [2.75, 3.05) is 18.1 Å². The maximum atomic E-state index is 13.0. The number of amides is 1. The second-order valence-corrected chi connectivity index (χ2v) is 8.77. The predicted octanol–water partition coefficient (Wildman–Crippen LogP) is 5.64. The molecule has 4 aromatic rings. The van der Waals surface area contributed by atoms with Gasteiger partial charge in [-0.25, -0.2) is 4.98 Å². The van der Waals surface area contributed by atoms with Crippen LogP contribution in [0.25, 0.3) is 11.0 Å². The van der Waals surface area contributed by atoms with Gasteiger partial charge >= 0.3 is 0 Å². The number of carbonyl (C=O) groups excluding carboxylic acids is 1. The molecule has 0 spiro atoms. The van der Waals surface area contributed by atoms with Crippen molar-refractivity contribution in [3.8, 4) is 5.75 Å². The highest BCUT2D eigenvalue weighted by Gasteiger charge is 2.35. The summed E-state index contributed by atoms with van der Waals surface area (Å²) in [5.74, 6) is 2.16. The summed E-state index contributed by atoms with van der Waals surface area (Å²) in [4.78, 5) is 19.9. The third-order valence-electron chi connectivity index (χ3n) is 6.46. The summed E-state index contributed by atoms with van der Waals surface area (Å²) >= 11 is 0. The highest BCUT2D eigenvalue weighted by atomic mass is 16.5. The first-order chi connectivity index (χ1) is 16.1. The van der Waals surface area contributed by atoms with Crippen molar-refractivity contribution in [3.05, 3.63) is 89.7 Å². The van der Waals surface area contributed by atoms with Crippen LogP contribution in [0.4, 0.5) is 5.69 Å². The number of aryl methyl sites for hydroxylation is 3. The van der Waals surface area contributed by atoms with Gasteiger partial charge < -0.3 is 14.2 Å². The zero-order valence-corrected chi connectivity index (χ0v) is 19.2. The lowest BCUT2D eigenvalue weighted by atomic mass is 10.1. The van der Waals surface area contributed by atoms with Gasteiger partial charge in [-0.3, -0.25) is 4.79 Å². The van der Waals surface area contributed by atoms with Gasteiger partial charge in [0.15, 0.2) is 0 Å². The lowest BCUT2D eigenvalue weighted by Crippen LogP contribution is -2.25. The minimum absolute atomic E-state index is 0.0711. The Balaban J connectivity index is 1.36. The number of hydrogen-bond donors (Lipinski definition) is 0. The molecule has 168 valence electrons. The van der Waals surface area contributed by atoms with E-state index >= 15 is 0 Å². The second-order valence-electron chi connectivity index (χ2n) is 8.77. The van der Waals surface area contributed by atoms with E-state index in [-0.39, 0.29) is 11.8 Å². The van der Waals surface area contributed by atoms with Gasteiger partial charge in [0.25, 0.3) is 0 Å². The summed E-state index contributed by atoms with van der Waals surface area (Å²) in [6.07, 6.45) is 1.35. The number of ether oxygens (including phenoxy) is 1. The van der Waals surface area contributed by atoms with Gasteiger partial charge in [0, 0.05) is 31.1 Å². The summed E-state index contributed by atoms with van der Waals surface area (Å²) in [7, 11) is 0. The lowest BCUT2D eigenvalue weighted by molar-refractivity contribution is -0.117. The van der Waals surface area contributed by atoms with E-state index in [1.54, 1.807) is 0 Å². The van der Waals surface area contributed by atoms with Crippen molar-refractivity contribution in [2.24, 2.45) is 0 Å². The van der Waals surface area contributed by atoms with Gasteiger partial charge in [0.1, 0.15) is 11.6 Å². The maximum absolute atomic E-state index is 13.0. The van der Waals surface area contributed by atoms with E-state index in [0.717, 1.165) is 52.4 Å². The number of nitrogens with zero attached hydrogens (tertiary/aromatic N) is 3. The van der Waals surface area contributed by atoms with Crippen molar-refractivity contribution in [1.29, 1.82) is 0 Å². The zero-order valence-electron chi connectivity index (χ0n) is 19.2. The molecule has 33 heavy (non-hydrogen) atoms. The normalized spacial score (nSPS) is 16.0. The molecule has 1 amide bonds. The van der Waals surface area contributed by atoms with E-state index in [0.29, 0.717) is 19.6 Å². The Bertz CT molecular complexity index is 1290. The fourth-order valence-corrected chi connectivity index (χ4v) is 4.74. The maximum Gasteiger partial charge on any atom is 0.227 e. The van der Waals surface area contributed by atoms with Crippen LogP contribution >= 0.6 is 0 Å². The molecule has 1 aliphatic heterocycles. The molecule has 1 atom stereocenters. The van der Waals surface area contributed by atoms with E-state index in [9.17, 15) is 4.79 Å². The Morgan fingerprint density at radius 1 is 0.939 bits per heavy atom. The number of rotatable bonds is 7. The number of carbonyl (C=O) groups is 1. The van der Waals surface area contributed by atoms with Crippen molar-refractivity contribution >= 4 is 22.6 Å². The molecule has 1 aliphatic rings. The highest BCUT2D eigenvalue weighted by molar-refractivity contribution is 5.97. The molecule has 2 heterocycles. The number of fused-ring (bicyclic) bond motifs is 1. The molecule has 0 radical (unpaired) electrons. The van der Waals surface area contributed by atoms with Gasteiger partial charge in [-0.15, -0.1) is 0 Å². The summed E-state index contributed by atoms with van der Waals surface area (Å²) in [5.41, 5.74) is 5.36. The first-order valence-electron chi connectivity index (χ1n) is 11.6. The molecule has 5 nitrogen and oxygen atoms in total. The molecule has 1 saturated heterocycles. The standard InChI is InChI=1S/C28H29N3O2/c1-20-10-3-6-13-24(20)31-19-22(18-27(31)32)28-29-23-12-5-7-14-25(23)30(28)16-9-17-33-26-15-8-4-11-21(26)2/h3-8,10-15,22H,9,16-19H2,1-2H3/t22-/m0/s1. The van der Waals surface area contributed by atoms with Crippen LogP contribution in [0.1, 0.15) is 35.7 Å². The van der Waals surface area contributed by atoms with E-state index in [4.69, 9.17) is 9.72 Å². The molecule has 0 bridgehead atoms. The molecule has 5 rings (SSSR count). The quantitative estimate of drug-likeness (QED) is 0.350. The largest absolute Gasteiger partial charge is 0.493 e. The Kier molecular flexibility index (Phi) is 5.86. The second kappa shape index (κ2) is 9.10. The zero-order chi connectivity index (χ0) is 22.8. The summed E-state index contributed by atoms with van der Waals surface area (Å²) < 4.78 is 8.31. The van der Waals surface area contributed by atoms with Crippen molar-refractivity contribution < 1.29 is 9.53 Å². The Morgan fingerprint density at radius 2 is 1.67 bits per heavy atom. The molecule has 5 heteroatoms. The van der Waals surface area contributed by atoms with Crippen LogP contribution in [-0.2, 0) is 11.3 Å². The van der Waals surface area contributed by atoms with Gasteiger partial charge in [0.05, 0.1) is 17.6 Å². The third-order valence-corrected chi connectivity index (χ3v) is 6.46. The minimum atomic E-state index is 0.0711. The van der Waals surface area contributed by atoms with Crippen molar-refractivity contribution in [3.63, 3.8) is 0 Å². The molecule has 1 fully saturated rings. The molecular weight excluding hydrogens is 410 g/mol. The van der Waals surface area contributed by atoms with Gasteiger partial charge in [-0.2, -0.15) is 0 Å². The molecule has 0 aliphatic carbocycles. The van der Waals surface area contributed by atoms with E-state index in [2.05, 4.69) is 42.7 Å². The average Bonchev–Trinajstić information content (AvgIpc) is 3.38. The van der Waals surface area contributed by atoms with E-state index in [1.165, 1.54) is 0 Å². The molecular formula is C28H29N3O2. The fraction of sp³-hybridized carbons (Fsp3) is 0.286. The van der Waals surface area contributed by atoms with E-state index in [1.807, 2.05) is 53.4 Å². The Labute approximate surface area is 194 Å². The van der Waals surface area contributed by atoms with Crippen molar-refractivity contribution in [1.82, 2.24) is 9.55 Å². The summed E-state index contributed by atoms with van der Waals surface area (Å²) in [5, 5.41) is 0. The molecule has 1 aromatic heterocycles. The van der Waals surface area contributed by atoms with Crippen LogP contribution in [0.3, 0.4) is 0 Å². The fourth-order valence-electron chi connectivity index (χ4n) is 4.74. The topological polar surface area (TPSA) is 47.4 Å². The molecule has 0 saturated carbocycles. The van der Waals surface area contributed by atoms with Crippen molar-refractivity contribution in [2.45, 2.75) is 39.2 Å². The molecule has 0 N–H and O–H groups in total. The number of aromatic nitrogens is 2. The van der Waals surface area contributed by atoms with Gasteiger partial charge in [-0.1, -0.05) is 48.5 Å². The number of imidazole rings is 1.